The van der Waals surface area contributed by atoms with Crippen molar-refractivity contribution >= 4 is 44.9 Å². The molecule has 0 aromatic heterocycles. The van der Waals surface area contributed by atoms with E-state index in [1.807, 2.05) is 58.8 Å². The molecule has 1 amide bonds. The number of anilines is 1. The van der Waals surface area contributed by atoms with E-state index < -0.39 is 5.97 Å². The van der Waals surface area contributed by atoms with Crippen molar-refractivity contribution in [2.24, 2.45) is 5.10 Å². The zero-order valence-corrected chi connectivity index (χ0v) is 16.0. The first-order chi connectivity index (χ1) is 12.1. The molecule has 136 valence electrons. The second-order valence-corrected chi connectivity index (χ2v) is 8.81. The van der Waals surface area contributed by atoms with Gasteiger partial charge in [0, 0.05) is 23.1 Å². The van der Waals surface area contributed by atoms with Crippen LogP contribution in [-0.2, 0) is 9.59 Å². The molecule has 25 heavy (non-hydrogen) atoms. The van der Waals surface area contributed by atoms with Crippen LogP contribution >= 0.6 is 21.6 Å². The van der Waals surface area contributed by atoms with E-state index in [1.165, 1.54) is 23.6 Å². The lowest BCUT2D eigenvalue weighted by molar-refractivity contribution is -0.137. The molecule has 0 spiro atoms. The van der Waals surface area contributed by atoms with Gasteiger partial charge in [0.2, 0.25) is 0 Å². The largest absolute Gasteiger partial charge is 0.481 e. The van der Waals surface area contributed by atoms with E-state index >= 15 is 0 Å². The van der Waals surface area contributed by atoms with Crippen LogP contribution in [0.25, 0.3) is 0 Å². The molecule has 1 aromatic carbocycles. The van der Waals surface area contributed by atoms with Gasteiger partial charge in [-0.3, -0.25) is 9.59 Å². The number of hydrogen-bond acceptors (Lipinski definition) is 5. The van der Waals surface area contributed by atoms with Gasteiger partial charge in [0.1, 0.15) is 0 Å². The van der Waals surface area contributed by atoms with E-state index in [0.29, 0.717) is 12.8 Å². The highest BCUT2D eigenvalue weighted by Crippen LogP contribution is 2.39. The minimum Gasteiger partial charge on any atom is -0.481 e. The van der Waals surface area contributed by atoms with Crippen molar-refractivity contribution in [1.29, 1.82) is 0 Å². The molecule has 7 heteroatoms. The molecule has 0 saturated carbocycles. The SMILES string of the molecule is CC1=NN(c2ccccc2)C(=O)C1.O=C(O)CCCC[C@H]1CCSS1. The van der Waals surface area contributed by atoms with Crippen molar-refractivity contribution in [3.63, 3.8) is 0 Å². The van der Waals surface area contributed by atoms with Crippen LogP contribution in [0.3, 0.4) is 0 Å². The van der Waals surface area contributed by atoms with Gasteiger partial charge in [-0.25, -0.2) is 5.01 Å². The highest BCUT2D eigenvalue weighted by molar-refractivity contribution is 8.77. The Morgan fingerprint density at radius 1 is 1.32 bits per heavy atom. The molecule has 1 saturated heterocycles. The standard InChI is InChI=1S/C10H10N2O.C8H14O2S2/c1-8-7-10(13)12(11-8)9-5-3-2-4-6-9;9-8(10)4-2-1-3-7-5-6-11-12-7/h2-6H,7H2,1H3;7H,1-6H2,(H,9,10)/t;7-/m.0/s1. The summed E-state index contributed by atoms with van der Waals surface area (Å²) in [5.74, 6) is 0.654. The van der Waals surface area contributed by atoms with Crippen LogP contribution in [-0.4, -0.2) is 33.7 Å². The highest BCUT2D eigenvalue weighted by atomic mass is 33.1. The number of rotatable bonds is 6. The third-order valence-corrected chi connectivity index (χ3v) is 6.82. The summed E-state index contributed by atoms with van der Waals surface area (Å²) >= 11 is 0. The zero-order chi connectivity index (χ0) is 18.1. The molecule has 5 nitrogen and oxygen atoms in total. The number of hydrogen-bond donors (Lipinski definition) is 1. The van der Waals surface area contributed by atoms with Gasteiger partial charge in [-0.05, 0) is 38.3 Å². The average molecular weight is 381 g/mol. The van der Waals surface area contributed by atoms with Gasteiger partial charge in [0.25, 0.3) is 5.91 Å². The number of unbranched alkanes of at least 4 members (excludes halogenated alkanes) is 1. The first-order valence-corrected chi connectivity index (χ1v) is 10.9. The predicted octanol–water partition coefficient (Wildman–Crippen LogP) is 4.58. The number of carbonyl (C=O) groups excluding carboxylic acids is 1. The van der Waals surface area contributed by atoms with E-state index in [-0.39, 0.29) is 5.91 Å². The van der Waals surface area contributed by atoms with Gasteiger partial charge in [-0.2, -0.15) is 5.10 Å². The Morgan fingerprint density at radius 3 is 2.64 bits per heavy atom. The van der Waals surface area contributed by atoms with E-state index in [9.17, 15) is 9.59 Å². The first kappa shape index (κ1) is 19.8. The number of carboxylic acid groups (broad SMARTS) is 1. The summed E-state index contributed by atoms with van der Waals surface area (Å²) in [6.07, 6.45) is 5.20. The lowest BCUT2D eigenvalue weighted by Crippen LogP contribution is -2.19. The molecular weight excluding hydrogens is 356 g/mol. The van der Waals surface area contributed by atoms with E-state index in [4.69, 9.17) is 5.11 Å². The number of carbonyl (C=O) groups is 2. The third-order valence-electron chi connectivity index (χ3n) is 3.81. The molecule has 0 unspecified atom stereocenters. The topological polar surface area (TPSA) is 70.0 Å². The van der Waals surface area contributed by atoms with E-state index in [2.05, 4.69) is 5.10 Å². The number of carboxylic acids is 1. The van der Waals surface area contributed by atoms with Crippen LogP contribution in [0.2, 0.25) is 0 Å². The molecular formula is C18H24N2O3S2. The minimum atomic E-state index is -0.663. The van der Waals surface area contributed by atoms with Crippen molar-refractivity contribution in [3.8, 4) is 0 Å². The molecule has 1 atom stereocenters. The summed E-state index contributed by atoms with van der Waals surface area (Å²) in [6, 6.07) is 9.46. The Balaban J connectivity index is 0.000000181. The molecule has 2 aliphatic heterocycles. The van der Waals surface area contributed by atoms with Gasteiger partial charge >= 0.3 is 5.97 Å². The number of nitrogens with zero attached hydrogens (tertiary/aromatic N) is 2. The van der Waals surface area contributed by atoms with Crippen LogP contribution in [0.4, 0.5) is 5.69 Å². The summed E-state index contributed by atoms with van der Waals surface area (Å²) in [7, 11) is 3.92. The van der Waals surface area contributed by atoms with Gasteiger partial charge in [0.15, 0.2) is 0 Å². The second kappa shape index (κ2) is 10.5. The van der Waals surface area contributed by atoms with Crippen LogP contribution < -0.4 is 5.01 Å². The number of hydrazone groups is 1. The normalized spacial score (nSPS) is 19.4. The van der Waals surface area contributed by atoms with Crippen molar-refractivity contribution < 1.29 is 14.7 Å². The van der Waals surface area contributed by atoms with Crippen LogP contribution in [0.5, 0.6) is 0 Å². The Morgan fingerprint density at radius 2 is 2.08 bits per heavy atom. The smallest absolute Gasteiger partial charge is 0.303 e. The van der Waals surface area contributed by atoms with Crippen LogP contribution in [0.15, 0.2) is 35.4 Å². The van der Waals surface area contributed by atoms with Crippen molar-refractivity contribution in [2.75, 3.05) is 10.8 Å². The molecule has 0 bridgehead atoms. The Labute approximate surface area is 156 Å². The predicted molar refractivity (Wildman–Crippen MR) is 106 cm³/mol. The fourth-order valence-corrected chi connectivity index (χ4v) is 5.57. The molecule has 2 heterocycles. The minimum absolute atomic E-state index is 0.0451. The Kier molecular flexibility index (Phi) is 8.34. The fourth-order valence-electron chi connectivity index (χ4n) is 2.54. The second-order valence-electron chi connectivity index (χ2n) is 6.02. The Bertz CT molecular complexity index is 602. The quantitative estimate of drug-likeness (QED) is 0.578. The maximum Gasteiger partial charge on any atom is 0.303 e. The Hall–Kier alpha value is -1.47. The summed E-state index contributed by atoms with van der Waals surface area (Å²) < 4.78 is 0. The number of para-hydroxylation sites is 1. The molecule has 1 N–H and O–H groups in total. The molecule has 0 radical (unpaired) electrons. The van der Waals surface area contributed by atoms with E-state index in [0.717, 1.165) is 29.5 Å². The van der Waals surface area contributed by atoms with Gasteiger partial charge < -0.3 is 5.11 Å². The third kappa shape index (κ3) is 7.12. The average Bonchev–Trinajstić information content (AvgIpc) is 3.22. The monoisotopic (exact) mass is 380 g/mol. The van der Waals surface area contributed by atoms with Crippen LogP contribution in [0.1, 0.15) is 45.4 Å². The van der Waals surface area contributed by atoms with Crippen molar-refractivity contribution in [1.82, 2.24) is 0 Å². The zero-order valence-electron chi connectivity index (χ0n) is 14.4. The fraction of sp³-hybridized carbons (Fsp3) is 0.500. The van der Waals surface area contributed by atoms with Crippen molar-refractivity contribution in [3.05, 3.63) is 30.3 Å². The van der Waals surface area contributed by atoms with Gasteiger partial charge in [0.05, 0.1) is 12.1 Å². The molecule has 1 aromatic rings. The maximum absolute atomic E-state index is 11.4. The van der Waals surface area contributed by atoms with E-state index in [1.54, 1.807) is 0 Å². The number of benzene rings is 1. The van der Waals surface area contributed by atoms with Gasteiger partial charge in [-0.15, -0.1) is 0 Å². The molecule has 2 aliphatic rings. The summed E-state index contributed by atoms with van der Waals surface area (Å²) in [5, 5.41) is 14.8. The molecule has 3 rings (SSSR count). The molecule has 1 fully saturated rings. The van der Waals surface area contributed by atoms with Crippen LogP contribution in [0, 0.1) is 0 Å². The molecule has 0 aliphatic carbocycles. The number of amides is 1. The first-order valence-electron chi connectivity index (χ1n) is 8.48. The summed E-state index contributed by atoms with van der Waals surface area (Å²) in [6.45, 7) is 1.86. The highest BCUT2D eigenvalue weighted by Gasteiger charge is 2.21. The summed E-state index contributed by atoms with van der Waals surface area (Å²) in [4.78, 5) is 21.6. The maximum atomic E-state index is 11.4. The lowest BCUT2D eigenvalue weighted by Gasteiger charge is -2.10. The lowest BCUT2D eigenvalue weighted by atomic mass is 10.1. The van der Waals surface area contributed by atoms with Crippen molar-refractivity contribution in [2.45, 2.75) is 50.7 Å². The van der Waals surface area contributed by atoms with Gasteiger partial charge in [-0.1, -0.05) is 46.2 Å². The number of aliphatic carboxylic acids is 1. The summed E-state index contributed by atoms with van der Waals surface area (Å²) in [5.41, 5.74) is 1.71.